The van der Waals surface area contributed by atoms with Gasteiger partial charge < -0.3 is 5.73 Å². The van der Waals surface area contributed by atoms with E-state index >= 15 is 0 Å². The summed E-state index contributed by atoms with van der Waals surface area (Å²) in [7, 11) is -4.04. The standard InChI is InChI=1S/C12H8Br2F2N2O2S/c13-7-4-12(10(17)5-9(7)16)21(19,20)18-11-2-1-6(15)3-8(11)14/h1-5,18H,17H2. The van der Waals surface area contributed by atoms with Crippen LogP contribution in [0.25, 0.3) is 0 Å². The topological polar surface area (TPSA) is 72.2 Å². The molecule has 2 aromatic carbocycles. The fraction of sp³-hybridized carbons (Fsp3) is 0. The average molecular weight is 442 g/mol. The summed E-state index contributed by atoms with van der Waals surface area (Å²) in [5.74, 6) is -1.19. The Morgan fingerprint density at radius 1 is 1.05 bits per heavy atom. The molecule has 0 unspecified atom stereocenters. The normalized spacial score (nSPS) is 11.4. The third-order valence-electron chi connectivity index (χ3n) is 2.52. The van der Waals surface area contributed by atoms with Crippen LogP contribution in [0.15, 0.2) is 44.2 Å². The number of benzene rings is 2. The van der Waals surface area contributed by atoms with Gasteiger partial charge in [0.25, 0.3) is 10.0 Å². The summed E-state index contributed by atoms with van der Waals surface area (Å²) in [5, 5.41) is 0. The maximum atomic E-state index is 13.3. The molecule has 0 aliphatic heterocycles. The third kappa shape index (κ3) is 3.53. The van der Waals surface area contributed by atoms with Crippen molar-refractivity contribution in [2.75, 3.05) is 10.5 Å². The summed E-state index contributed by atoms with van der Waals surface area (Å²) in [6.07, 6.45) is 0. The fourth-order valence-corrected chi connectivity index (χ4v) is 3.84. The lowest BCUT2D eigenvalue weighted by Gasteiger charge is -2.12. The first-order valence-electron chi connectivity index (χ1n) is 5.43. The van der Waals surface area contributed by atoms with Gasteiger partial charge in [-0.2, -0.15) is 0 Å². The molecule has 2 rings (SSSR count). The predicted molar refractivity (Wildman–Crippen MR) is 83.4 cm³/mol. The largest absolute Gasteiger partial charge is 0.398 e. The van der Waals surface area contributed by atoms with Crippen LogP contribution in [0, 0.1) is 11.6 Å². The lowest BCUT2D eigenvalue weighted by molar-refractivity contribution is 0.599. The number of rotatable bonds is 3. The number of nitrogens with two attached hydrogens (primary N) is 1. The minimum atomic E-state index is -4.04. The molecule has 0 heterocycles. The molecule has 4 nitrogen and oxygen atoms in total. The molecule has 0 saturated carbocycles. The molecule has 0 saturated heterocycles. The summed E-state index contributed by atoms with van der Waals surface area (Å²) < 4.78 is 53.3. The van der Waals surface area contributed by atoms with E-state index in [9.17, 15) is 17.2 Å². The molecule has 0 aliphatic carbocycles. The number of hydrogen-bond donors (Lipinski definition) is 2. The van der Waals surface area contributed by atoms with Gasteiger partial charge in [-0.05, 0) is 62.2 Å². The van der Waals surface area contributed by atoms with Crippen molar-refractivity contribution in [3.05, 3.63) is 50.9 Å². The molecule has 0 radical (unpaired) electrons. The summed E-state index contributed by atoms with van der Waals surface area (Å²) in [6, 6.07) is 5.43. The van der Waals surface area contributed by atoms with Crippen LogP contribution in [-0.4, -0.2) is 8.42 Å². The van der Waals surface area contributed by atoms with Crippen LogP contribution in [0.2, 0.25) is 0 Å². The van der Waals surface area contributed by atoms with Gasteiger partial charge in [0.1, 0.15) is 16.5 Å². The number of hydrogen-bond acceptors (Lipinski definition) is 3. The van der Waals surface area contributed by atoms with Crippen molar-refractivity contribution in [1.82, 2.24) is 0 Å². The van der Waals surface area contributed by atoms with Gasteiger partial charge in [0.05, 0.1) is 15.8 Å². The third-order valence-corrected chi connectivity index (χ3v) is 5.20. The number of anilines is 2. The van der Waals surface area contributed by atoms with Gasteiger partial charge in [-0.1, -0.05) is 0 Å². The van der Waals surface area contributed by atoms with Crippen molar-refractivity contribution in [2.24, 2.45) is 0 Å². The summed E-state index contributed by atoms with van der Waals surface area (Å²) >= 11 is 5.95. The first-order valence-corrected chi connectivity index (χ1v) is 8.50. The van der Waals surface area contributed by atoms with Crippen molar-refractivity contribution in [1.29, 1.82) is 0 Å². The smallest absolute Gasteiger partial charge is 0.264 e. The molecular weight excluding hydrogens is 434 g/mol. The van der Waals surface area contributed by atoms with E-state index < -0.39 is 21.7 Å². The zero-order chi connectivity index (χ0) is 15.8. The molecule has 0 spiro atoms. The maximum absolute atomic E-state index is 13.3. The summed E-state index contributed by atoms with van der Waals surface area (Å²) in [4.78, 5) is -0.285. The molecule has 112 valence electrons. The van der Waals surface area contributed by atoms with Crippen LogP contribution in [-0.2, 0) is 10.0 Å². The molecule has 0 bridgehead atoms. The van der Waals surface area contributed by atoms with E-state index in [1.165, 1.54) is 6.07 Å². The zero-order valence-corrected chi connectivity index (χ0v) is 14.2. The molecule has 0 atom stereocenters. The Kier molecular flexibility index (Phi) is 4.54. The van der Waals surface area contributed by atoms with Gasteiger partial charge in [-0.15, -0.1) is 0 Å². The SMILES string of the molecule is Nc1cc(F)c(Br)cc1S(=O)(=O)Nc1ccc(F)cc1Br. The van der Waals surface area contributed by atoms with Crippen LogP contribution < -0.4 is 10.5 Å². The molecule has 0 fully saturated rings. The van der Waals surface area contributed by atoms with E-state index in [1.54, 1.807) is 0 Å². The molecular formula is C12H8Br2F2N2O2S. The van der Waals surface area contributed by atoms with Crippen LogP contribution in [0.4, 0.5) is 20.2 Å². The van der Waals surface area contributed by atoms with Crippen molar-refractivity contribution in [3.8, 4) is 0 Å². The molecule has 2 aromatic rings. The van der Waals surface area contributed by atoms with Gasteiger partial charge >= 0.3 is 0 Å². The second-order valence-corrected chi connectivity index (χ2v) is 7.39. The molecule has 21 heavy (non-hydrogen) atoms. The van der Waals surface area contributed by atoms with Crippen molar-refractivity contribution in [2.45, 2.75) is 4.90 Å². The van der Waals surface area contributed by atoms with E-state index in [-0.39, 0.29) is 25.2 Å². The first-order chi connectivity index (χ1) is 9.70. The van der Waals surface area contributed by atoms with E-state index in [0.29, 0.717) is 0 Å². The Morgan fingerprint density at radius 3 is 2.33 bits per heavy atom. The van der Waals surface area contributed by atoms with Gasteiger partial charge in [0.15, 0.2) is 0 Å². The van der Waals surface area contributed by atoms with E-state index in [2.05, 4.69) is 36.6 Å². The Balaban J connectivity index is 2.46. The van der Waals surface area contributed by atoms with Crippen LogP contribution in [0.1, 0.15) is 0 Å². The fourth-order valence-electron chi connectivity index (χ4n) is 1.55. The Bertz CT molecular complexity index is 813. The monoisotopic (exact) mass is 440 g/mol. The second kappa shape index (κ2) is 5.90. The van der Waals surface area contributed by atoms with Gasteiger partial charge in [-0.25, -0.2) is 17.2 Å². The molecule has 0 aromatic heterocycles. The lowest BCUT2D eigenvalue weighted by Crippen LogP contribution is -2.15. The maximum Gasteiger partial charge on any atom is 0.264 e. The van der Waals surface area contributed by atoms with Gasteiger partial charge in [0, 0.05) is 4.47 Å². The number of nitrogen functional groups attached to an aromatic ring is 1. The number of nitrogens with one attached hydrogen (secondary N) is 1. The summed E-state index contributed by atoms with van der Waals surface area (Å²) in [5.41, 5.74) is 5.44. The molecule has 3 N–H and O–H groups in total. The lowest BCUT2D eigenvalue weighted by atomic mass is 10.3. The first kappa shape index (κ1) is 16.2. The highest BCUT2D eigenvalue weighted by Crippen LogP contribution is 2.30. The molecule has 0 aliphatic rings. The number of sulfonamides is 1. The second-order valence-electron chi connectivity index (χ2n) is 4.03. The van der Waals surface area contributed by atoms with E-state index in [4.69, 9.17) is 5.73 Å². The highest BCUT2D eigenvalue weighted by molar-refractivity contribution is 9.10. The van der Waals surface area contributed by atoms with Crippen molar-refractivity contribution in [3.63, 3.8) is 0 Å². The quantitative estimate of drug-likeness (QED) is 0.710. The average Bonchev–Trinajstić information content (AvgIpc) is 2.37. The van der Waals surface area contributed by atoms with E-state index in [0.717, 1.165) is 24.3 Å². The van der Waals surface area contributed by atoms with Gasteiger partial charge in [0.2, 0.25) is 0 Å². The van der Waals surface area contributed by atoms with E-state index in [1.807, 2.05) is 0 Å². The molecule has 9 heteroatoms. The predicted octanol–water partition coefficient (Wildman–Crippen LogP) is 3.87. The Hall–Kier alpha value is -1.19. The van der Waals surface area contributed by atoms with Crippen LogP contribution >= 0.6 is 31.9 Å². The number of halogens is 4. The van der Waals surface area contributed by atoms with Gasteiger partial charge in [-0.3, -0.25) is 4.72 Å². The summed E-state index contributed by atoms with van der Waals surface area (Å²) in [6.45, 7) is 0. The highest BCUT2D eigenvalue weighted by Gasteiger charge is 2.21. The zero-order valence-electron chi connectivity index (χ0n) is 10.2. The Labute approximate surface area is 136 Å². The van der Waals surface area contributed by atoms with Crippen molar-refractivity contribution >= 4 is 53.3 Å². The van der Waals surface area contributed by atoms with Crippen LogP contribution in [0.3, 0.4) is 0 Å². The Morgan fingerprint density at radius 2 is 1.71 bits per heavy atom. The molecule has 0 amide bonds. The minimum absolute atomic E-state index is 0.0322. The minimum Gasteiger partial charge on any atom is -0.398 e. The highest BCUT2D eigenvalue weighted by atomic mass is 79.9. The van der Waals surface area contributed by atoms with Crippen LogP contribution in [0.5, 0.6) is 0 Å². The van der Waals surface area contributed by atoms with Crippen molar-refractivity contribution < 1.29 is 17.2 Å².